The molecule has 0 saturated carbocycles. The van der Waals surface area contributed by atoms with Crippen LogP contribution in [-0.4, -0.2) is 33.2 Å². The van der Waals surface area contributed by atoms with Crippen molar-refractivity contribution in [2.45, 2.75) is 18.4 Å². The average Bonchev–Trinajstić information content (AvgIpc) is 2.61. The molecule has 8 nitrogen and oxygen atoms in total. The van der Waals surface area contributed by atoms with E-state index in [9.17, 15) is 13.2 Å². The number of methoxy groups -OCH3 is 1. The molecule has 1 heterocycles. The van der Waals surface area contributed by atoms with E-state index in [2.05, 4.69) is 15.0 Å². The lowest BCUT2D eigenvalue weighted by Crippen LogP contribution is -2.23. The van der Waals surface area contributed by atoms with Crippen molar-refractivity contribution in [3.8, 4) is 5.75 Å². The Hall–Kier alpha value is -2.65. The Bertz CT molecular complexity index is 825. The van der Waals surface area contributed by atoms with Crippen LogP contribution in [0.1, 0.15) is 12.5 Å². The minimum atomic E-state index is -3.77. The molecule has 0 radical (unpaired) electrons. The van der Waals surface area contributed by atoms with Gasteiger partial charge in [-0.15, -0.1) is 0 Å². The number of rotatable bonds is 7. The summed E-state index contributed by atoms with van der Waals surface area (Å²) < 4.78 is 37.3. The molecule has 2 aromatic rings. The van der Waals surface area contributed by atoms with Gasteiger partial charge in [-0.05, 0) is 42.8 Å². The highest BCUT2D eigenvalue weighted by atomic mass is 32.2. The molecule has 25 heavy (non-hydrogen) atoms. The molecule has 0 aliphatic rings. The van der Waals surface area contributed by atoms with Crippen molar-refractivity contribution in [1.82, 2.24) is 9.71 Å². The zero-order valence-electron chi connectivity index (χ0n) is 13.9. The molecule has 0 fully saturated rings. The van der Waals surface area contributed by atoms with Gasteiger partial charge in [-0.2, -0.15) is 0 Å². The van der Waals surface area contributed by atoms with Crippen molar-refractivity contribution >= 4 is 21.8 Å². The molecule has 0 bridgehead atoms. The summed E-state index contributed by atoms with van der Waals surface area (Å²) in [5.41, 5.74) is 0.977. The molecule has 0 spiro atoms. The van der Waals surface area contributed by atoms with Crippen molar-refractivity contribution in [1.29, 1.82) is 0 Å². The number of benzene rings is 1. The highest BCUT2D eigenvalue weighted by Gasteiger charge is 2.17. The van der Waals surface area contributed by atoms with Gasteiger partial charge in [0.2, 0.25) is 10.0 Å². The monoisotopic (exact) mass is 365 g/mol. The van der Waals surface area contributed by atoms with Gasteiger partial charge in [-0.25, -0.2) is 17.9 Å². The quantitative estimate of drug-likeness (QED) is 0.778. The van der Waals surface area contributed by atoms with Crippen LogP contribution < -0.4 is 14.8 Å². The van der Waals surface area contributed by atoms with E-state index in [0.717, 1.165) is 5.56 Å². The second-order valence-electron chi connectivity index (χ2n) is 4.89. The number of anilines is 1. The molecule has 0 aliphatic carbocycles. The molecule has 1 aromatic heterocycles. The Morgan fingerprint density at radius 1 is 1.20 bits per heavy atom. The molecule has 1 amide bonds. The van der Waals surface area contributed by atoms with Crippen LogP contribution in [0.3, 0.4) is 0 Å². The van der Waals surface area contributed by atoms with E-state index in [0.29, 0.717) is 5.75 Å². The minimum absolute atomic E-state index is 0.00541. The lowest BCUT2D eigenvalue weighted by Gasteiger charge is -2.13. The molecule has 9 heteroatoms. The lowest BCUT2D eigenvalue weighted by atomic mass is 10.3. The molecule has 2 rings (SSSR count). The van der Waals surface area contributed by atoms with Gasteiger partial charge in [-0.1, -0.05) is 0 Å². The van der Waals surface area contributed by atoms with E-state index >= 15 is 0 Å². The molecular weight excluding hydrogens is 346 g/mol. The van der Waals surface area contributed by atoms with Crippen molar-refractivity contribution in [3.05, 3.63) is 48.3 Å². The fourth-order valence-electron chi connectivity index (χ4n) is 1.99. The standard InChI is InChI=1S/C16H19N3O5S/c1-3-24-16(20)19-14-10-13(4-5-15(14)23-2)25(21,22)18-11-12-6-8-17-9-7-12/h4-10,18H,3,11H2,1-2H3,(H,19,20). The van der Waals surface area contributed by atoms with Crippen LogP contribution in [0.4, 0.5) is 10.5 Å². The first kappa shape index (κ1) is 18.7. The summed E-state index contributed by atoms with van der Waals surface area (Å²) in [6.45, 7) is 1.98. The molecule has 2 N–H and O–H groups in total. The normalized spacial score (nSPS) is 11.0. The number of hydrogen-bond acceptors (Lipinski definition) is 6. The second kappa shape index (κ2) is 8.45. The summed E-state index contributed by atoms with van der Waals surface area (Å²) in [5.74, 6) is 0.320. The van der Waals surface area contributed by atoms with Gasteiger partial charge in [0, 0.05) is 18.9 Å². The number of aromatic nitrogens is 1. The third-order valence-corrected chi connectivity index (χ3v) is 4.61. The topological polar surface area (TPSA) is 107 Å². The minimum Gasteiger partial charge on any atom is -0.495 e. The maximum atomic E-state index is 12.5. The first-order valence-corrected chi connectivity index (χ1v) is 8.95. The van der Waals surface area contributed by atoms with Gasteiger partial charge in [-0.3, -0.25) is 10.3 Å². The van der Waals surface area contributed by atoms with E-state index in [4.69, 9.17) is 9.47 Å². The van der Waals surface area contributed by atoms with Gasteiger partial charge in [0.05, 0.1) is 24.3 Å². The Morgan fingerprint density at radius 2 is 1.92 bits per heavy atom. The van der Waals surface area contributed by atoms with Crippen LogP contribution in [0.5, 0.6) is 5.75 Å². The predicted molar refractivity (Wildman–Crippen MR) is 91.9 cm³/mol. The molecule has 0 aliphatic heterocycles. The van der Waals surface area contributed by atoms with Crippen LogP contribution in [-0.2, 0) is 21.3 Å². The summed E-state index contributed by atoms with van der Waals surface area (Å²) in [6, 6.07) is 7.59. The molecule has 0 atom stereocenters. The summed E-state index contributed by atoms with van der Waals surface area (Å²) in [7, 11) is -2.35. The Kier molecular flexibility index (Phi) is 6.31. The summed E-state index contributed by atoms with van der Waals surface area (Å²) in [4.78, 5) is 15.5. The van der Waals surface area contributed by atoms with Gasteiger partial charge in [0.25, 0.3) is 0 Å². The SMILES string of the molecule is CCOC(=O)Nc1cc(S(=O)(=O)NCc2ccncc2)ccc1OC. The number of sulfonamides is 1. The summed E-state index contributed by atoms with van der Waals surface area (Å²) >= 11 is 0. The maximum Gasteiger partial charge on any atom is 0.411 e. The van der Waals surface area contributed by atoms with Gasteiger partial charge < -0.3 is 9.47 Å². The van der Waals surface area contributed by atoms with Crippen LogP contribution in [0.2, 0.25) is 0 Å². The second-order valence-corrected chi connectivity index (χ2v) is 6.65. The smallest absolute Gasteiger partial charge is 0.411 e. The number of ether oxygens (including phenoxy) is 2. The zero-order chi connectivity index (χ0) is 18.3. The lowest BCUT2D eigenvalue weighted by molar-refractivity contribution is 0.168. The number of pyridine rings is 1. The molecule has 1 aromatic carbocycles. The van der Waals surface area contributed by atoms with Crippen LogP contribution in [0.15, 0.2) is 47.6 Å². The Morgan fingerprint density at radius 3 is 2.56 bits per heavy atom. The van der Waals surface area contributed by atoms with Crippen molar-refractivity contribution in [2.24, 2.45) is 0 Å². The van der Waals surface area contributed by atoms with Crippen LogP contribution >= 0.6 is 0 Å². The van der Waals surface area contributed by atoms with Gasteiger partial charge >= 0.3 is 6.09 Å². The van der Waals surface area contributed by atoms with Gasteiger partial charge in [0.1, 0.15) is 5.75 Å². The largest absolute Gasteiger partial charge is 0.495 e. The van der Waals surface area contributed by atoms with Crippen molar-refractivity contribution < 1.29 is 22.7 Å². The third-order valence-electron chi connectivity index (χ3n) is 3.21. The summed E-state index contributed by atoms with van der Waals surface area (Å²) in [6.07, 6.45) is 2.47. The Balaban J connectivity index is 2.20. The maximum absolute atomic E-state index is 12.5. The van der Waals surface area contributed by atoms with Crippen LogP contribution in [0.25, 0.3) is 0 Å². The van der Waals surface area contributed by atoms with Gasteiger partial charge in [0.15, 0.2) is 0 Å². The number of nitrogens with one attached hydrogen (secondary N) is 2. The third kappa shape index (κ3) is 5.16. The molecule has 0 unspecified atom stereocenters. The number of carbonyl (C=O) groups excluding carboxylic acids is 1. The first-order valence-electron chi connectivity index (χ1n) is 7.46. The van der Waals surface area contributed by atoms with E-state index in [1.54, 1.807) is 31.5 Å². The number of hydrogen-bond donors (Lipinski definition) is 2. The molecular formula is C16H19N3O5S. The number of nitrogens with zero attached hydrogens (tertiary/aromatic N) is 1. The highest BCUT2D eigenvalue weighted by Crippen LogP contribution is 2.27. The average molecular weight is 365 g/mol. The molecule has 0 saturated heterocycles. The fourth-order valence-corrected chi connectivity index (χ4v) is 3.03. The highest BCUT2D eigenvalue weighted by molar-refractivity contribution is 7.89. The summed E-state index contributed by atoms with van der Waals surface area (Å²) in [5, 5.41) is 2.46. The van der Waals surface area contributed by atoms with Crippen molar-refractivity contribution in [3.63, 3.8) is 0 Å². The molecule has 134 valence electrons. The Labute approximate surface area is 146 Å². The van der Waals surface area contributed by atoms with Crippen molar-refractivity contribution in [2.75, 3.05) is 19.0 Å². The van der Waals surface area contributed by atoms with Crippen LogP contribution in [0, 0.1) is 0 Å². The van der Waals surface area contributed by atoms with E-state index in [1.807, 2.05) is 0 Å². The predicted octanol–water partition coefficient (Wildman–Crippen LogP) is 2.14. The van der Waals surface area contributed by atoms with E-state index < -0.39 is 16.1 Å². The fraction of sp³-hybridized carbons (Fsp3) is 0.250. The van der Waals surface area contributed by atoms with E-state index in [-0.39, 0.29) is 23.7 Å². The first-order chi connectivity index (χ1) is 12.0. The van der Waals surface area contributed by atoms with E-state index in [1.165, 1.54) is 25.3 Å². The number of carbonyl (C=O) groups is 1. The zero-order valence-corrected chi connectivity index (χ0v) is 14.7. The number of amides is 1.